The second-order valence-corrected chi connectivity index (χ2v) is 6.59. The van der Waals surface area contributed by atoms with E-state index in [2.05, 4.69) is 11.3 Å². The van der Waals surface area contributed by atoms with Crippen molar-refractivity contribution in [3.63, 3.8) is 0 Å². The van der Waals surface area contributed by atoms with Gasteiger partial charge in [0.2, 0.25) is 15.9 Å². The topological polar surface area (TPSA) is 63.2 Å². The monoisotopic (exact) mass is 231 g/mol. The van der Waals surface area contributed by atoms with E-state index in [9.17, 15) is 13.2 Å². The van der Waals surface area contributed by atoms with Crippen LogP contribution < -0.4 is 4.72 Å². The van der Waals surface area contributed by atoms with Gasteiger partial charge in [-0.2, -0.15) is 0 Å². The van der Waals surface area contributed by atoms with Gasteiger partial charge >= 0.3 is 0 Å². The van der Waals surface area contributed by atoms with Gasteiger partial charge in [0, 0.05) is 6.42 Å². The van der Waals surface area contributed by atoms with Gasteiger partial charge in [-0.3, -0.25) is 9.52 Å². The summed E-state index contributed by atoms with van der Waals surface area (Å²) in [6.07, 6.45) is 3.06. The number of rotatable bonds is 5. The Balaban J connectivity index is 2.55. The summed E-state index contributed by atoms with van der Waals surface area (Å²) < 4.78 is 24.7. The van der Waals surface area contributed by atoms with Gasteiger partial charge in [-0.1, -0.05) is 13.0 Å². The van der Waals surface area contributed by atoms with Crippen LogP contribution in [0.2, 0.25) is 0 Å². The molecule has 5 heteroatoms. The summed E-state index contributed by atoms with van der Waals surface area (Å²) in [5, 5.41) is 0. The molecule has 0 aliphatic heterocycles. The smallest absolute Gasteiger partial charge is 0.240 e. The van der Waals surface area contributed by atoms with E-state index in [1.165, 1.54) is 0 Å². The Labute approximate surface area is 90.8 Å². The number of allylic oxidation sites excluding steroid dienone is 1. The van der Waals surface area contributed by atoms with Crippen LogP contribution in [-0.4, -0.2) is 19.1 Å². The largest absolute Gasteiger partial charge is 0.274 e. The number of hydrogen-bond acceptors (Lipinski definition) is 3. The Bertz CT molecular complexity index is 368. The molecule has 1 fully saturated rings. The molecule has 1 saturated carbocycles. The first-order valence-corrected chi connectivity index (χ1v) is 6.47. The van der Waals surface area contributed by atoms with Crippen molar-refractivity contribution < 1.29 is 13.2 Å². The lowest BCUT2D eigenvalue weighted by atomic mass is 10.1. The van der Waals surface area contributed by atoms with Crippen molar-refractivity contribution in [1.29, 1.82) is 0 Å². The van der Waals surface area contributed by atoms with Crippen LogP contribution in [-0.2, 0) is 14.8 Å². The second-order valence-electron chi connectivity index (χ2n) is 4.40. The molecule has 1 amide bonds. The molecule has 1 aliphatic rings. The van der Waals surface area contributed by atoms with E-state index < -0.39 is 20.7 Å². The van der Waals surface area contributed by atoms with Crippen molar-refractivity contribution in [3.8, 4) is 0 Å². The van der Waals surface area contributed by atoms with Crippen LogP contribution in [0.4, 0.5) is 0 Å². The maximum Gasteiger partial charge on any atom is 0.240 e. The third kappa shape index (κ3) is 2.81. The molecular weight excluding hydrogens is 214 g/mol. The molecule has 0 aromatic rings. The van der Waals surface area contributed by atoms with Crippen LogP contribution in [0.5, 0.6) is 0 Å². The van der Waals surface area contributed by atoms with Gasteiger partial charge in [0.15, 0.2) is 0 Å². The molecule has 0 aromatic heterocycles. The summed E-state index contributed by atoms with van der Waals surface area (Å²) in [6.45, 7) is 7.01. The summed E-state index contributed by atoms with van der Waals surface area (Å²) in [6, 6.07) is 0. The molecule has 4 nitrogen and oxygen atoms in total. The minimum absolute atomic E-state index is 0.00721. The van der Waals surface area contributed by atoms with Crippen LogP contribution in [0.1, 0.15) is 33.1 Å². The second kappa shape index (κ2) is 3.96. The molecule has 86 valence electrons. The maximum atomic E-state index is 11.6. The van der Waals surface area contributed by atoms with E-state index in [0.717, 1.165) is 0 Å². The Kier molecular flexibility index (Phi) is 3.23. The quantitative estimate of drug-likeness (QED) is 0.723. The minimum atomic E-state index is -3.47. The van der Waals surface area contributed by atoms with E-state index in [1.54, 1.807) is 13.0 Å². The first-order valence-electron chi connectivity index (χ1n) is 4.98. The molecular formula is C10H17NO3S. The molecule has 0 spiro atoms. The lowest BCUT2D eigenvalue weighted by Gasteiger charge is -2.12. The summed E-state index contributed by atoms with van der Waals surface area (Å²) >= 11 is 0. The molecule has 0 unspecified atom stereocenters. The fourth-order valence-electron chi connectivity index (χ4n) is 1.14. The van der Waals surface area contributed by atoms with Gasteiger partial charge in [0.05, 0.1) is 4.75 Å². The van der Waals surface area contributed by atoms with Gasteiger partial charge in [0.25, 0.3) is 0 Å². The number of carbonyl (C=O) groups excluding carboxylic acids is 1. The molecule has 0 bridgehead atoms. The van der Waals surface area contributed by atoms with E-state index in [-0.39, 0.29) is 12.3 Å². The molecule has 1 atom stereocenters. The van der Waals surface area contributed by atoms with Gasteiger partial charge < -0.3 is 0 Å². The highest BCUT2D eigenvalue weighted by Crippen LogP contribution is 2.42. The number of amides is 1. The Morgan fingerprint density at radius 1 is 1.60 bits per heavy atom. The number of sulfonamides is 1. The summed E-state index contributed by atoms with van der Waals surface area (Å²) in [5.74, 6) is -0.456. The van der Waals surface area contributed by atoms with Crippen LogP contribution in [0.3, 0.4) is 0 Å². The van der Waals surface area contributed by atoms with E-state index >= 15 is 0 Å². The predicted molar refractivity (Wildman–Crippen MR) is 58.7 cm³/mol. The van der Waals surface area contributed by atoms with Crippen LogP contribution in [0.25, 0.3) is 0 Å². The predicted octanol–water partition coefficient (Wildman–Crippen LogP) is 1.20. The summed E-state index contributed by atoms with van der Waals surface area (Å²) in [4.78, 5) is 11.4. The van der Waals surface area contributed by atoms with Gasteiger partial charge in [-0.05, 0) is 25.7 Å². The molecule has 0 saturated heterocycles. The van der Waals surface area contributed by atoms with Crippen molar-refractivity contribution in [2.24, 2.45) is 5.92 Å². The zero-order valence-electron chi connectivity index (χ0n) is 9.12. The zero-order valence-corrected chi connectivity index (χ0v) is 9.93. The molecule has 15 heavy (non-hydrogen) atoms. The van der Waals surface area contributed by atoms with Gasteiger partial charge in [0.1, 0.15) is 0 Å². The molecule has 0 radical (unpaired) electrons. The van der Waals surface area contributed by atoms with Crippen LogP contribution >= 0.6 is 0 Å². The Morgan fingerprint density at radius 3 is 2.53 bits per heavy atom. The number of nitrogens with one attached hydrogen (secondary N) is 1. The van der Waals surface area contributed by atoms with Crippen molar-refractivity contribution in [3.05, 3.63) is 12.7 Å². The molecule has 0 heterocycles. The van der Waals surface area contributed by atoms with Crippen molar-refractivity contribution >= 4 is 15.9 Å². The fraction of sp³-hybridized carbons (Fsp3) is 0.700. The van der Waals surface area contributed by atoms with Gasteiger partial charge in [-0.15, -0.1) is 6.58 Å². The molecule has 1 N–H and O–H groups in total. The SMILES string of the molecule is C=C[C@H](C)CC(=O)NS(=O)(=O)C1(C)CC1. The van der Waals surface area contributed by atoms with Crippen LogP contribution in [0.15, 0.2) is 12.7 Å². The minimum Gasteiger partial charge on any atom is -0.274 e. The average Bonchev–Trinajstić information content (AvgIpc) is 2.83. The normalized spacial score (nSPS) is 20.4. The summed E-state index contributed by atoms with van der Waals surface area (Å²) in [5.41, 5.74) is 0. The third-order valence-electron chi connectivity index (χ3n) is 2.76. The fourth-order valence-corrected chi connectivity index (χ4v) is 2.40. The van der Waals surface area contributed by atoms with E-state index in [0.29, 0.717) is 12.8 Å². The first kappa shape index (κ1) is 12.2. The zero-order chi connectivity index (χ0) is 11.7. The standard InChI is InChI=1S/C10H17NO3S/c1-4-8(2)7-9(12)11-15(13,14)10(3)5-6-10/h4,8H,1,5-7H2,2-3H3,(H,11,12)/t8-/m0/s1. The first-order chi connectivity index (χ1) is 6.81. The number of hydrogen-bond donors (Lipinski definition) is 1. The maximum absolute atomic E-state index is 11.6. The lowest BCUT2D eigenvalue weighted by Crippen LogP contribution is -2.38. The molecule has 0 aromatic carbocycles. The Morgan fingerprint density at radius 2 is 2.13 bits per heavy atom. The molecule has 1 rings (SSSR count). The van der Waals surface area contributed by atoms with Crippen molar-refractivity contribution in [2.75, 3.05) is 0 Å². The van der Waals surface area contributed by atoms with Gasteiger partial charge in [-0.25, -0.2) is 8.42 Å². The Hall–Kier alpha value is -0.840. The average molecular weight is 231 g/mol. The lowest BCUT2D eigenvalue weighted by molar-refractivity contribution is -0.119. The third-order valence-corrected chi connectivity index (χ3v) is 4.96. The van der Waals surface area contributed by atoms with Crippen LogP contribution in [0, 0.1) is 5.92 Å². The number of carbonyl (C=O) groups is 1. The highest BCUT2D eigenvalue weighted by Gasteiger charge is 2.50. The van der Waals surface area contributed by atoms with E-state index in [4.69, 9.17) is 0 Å². The van der Waals surface area contributed by atoms with Crippen molar-refractivity contribution in [2.45, 2.75) is 37.9 Å². The van der Waals surface area contributed by atoms with Crippen molar-refractivity contribution in [1.82, 2.24) is 4.72 Å². The summed E-state index contributed by atoms with van der Waals surface area (Å²) in [7, 11) is -3.47. The highest BCUT2D eigenvalue weighted by atomic mass is 32.2. The highest BCUT2D eigenvalue weighted by molar-refractivity contribution is 7.91. The molecule has 1 aliphatic carbocycles. The van der Waals surface area contributed by atoms with E-state index in [1.807, 2.05) is 6.92 Å².